The first kappa shape index (κ1) is 12.9. The van der Waals surface area contributed by atoms with E-state index in [9.17, 15) is 4.79 Å². The number of nitrogens with zero attached hydrogens (tertiary/aromatic N) is 2. The molecule has 1 aromatic rings. The number of amides is 1. The first-order chi connectivity index (χ1) is 8.81. The fraction of sp³-hybridized carbons (Fsp3) is 0.500. The van der Waals surface area contributed by atoms with Gasteiger partial charge in [-0.25, -0.2) is 0 Å². The zero-order valence-corrected chi connectivity index (χ0v) is 10.7. The van der Waals surface area contributed by atoms with Crippen LogP contribution >= 0.6 is 0 Å². The van der Waals surface area contributed by atoms with Gasteiger partial charge in [0.25, 0.3) is 0 Å². The molecular formula is C14H21N3O. The summed E-state index contributed by atoms with van der Waals surface area (Å²) in [5.41, 5.74) is 6.68. The van der Waals surface area contributed by atoms with Gasteiger partial charge in [-0.15, -0.1) is 0 Å². The first-order valence-corrected chi connectivity index (χ1v) is 6.59. The van der Waals surface area contributed by atoms with Crippen LogP contribution in [0.5, 0.6) is 0 Å². The standard InChI is InChI=1S/C14H21N3O/c15-8-7-14(18)17-10-4-9-16(11-12-17)13-5-2-1-3-6-13/h1-3,5-6H,4,7-12,15H2. The second-order valence-corrected chi connectivity index (χ2v) is 4.60. The average molecular weight is 247 g/mol. The summed E-state index contributed by atoms with van der Waals surface area (Å²) >= 11 is 0. The Hall–Kier alpha value is -1.55. The van der Waals surface area contributed by atoms with Gasteiger partial charge in [-0.2, -0.15) is 0 Å². The summed E-state index contributed by atoms with van der Waals surface area (Å²) < 4.78 is 0. The lowest BCUT2D eigenvalue weighted by Gasteiger charge is -2.23. The Morgan fingerprint density at radius 2 is 1.89 bits per heavy atom. The highest BCUT2D eigenvalue weighted by molar-refractivity contribution is 5.76. The van der Waals surface area contributed by atoms with Gasteiger partial charge in [0.15, 0.2) is 0 Å². The van der Waals surface area contributed by atoms with Crippen LogP contribution in [0.3, 0.4) is 0 Å². The normalized spacial score (nSPS) is 16.5. The van der Waals surface area contributed by atoms with Crippen molar-refractivity contribution in [3.8, 4) is 0 Å². The van der Waals surface area contributed by atoms with Crippen LogP contribution in [0.2, 0.25) is 0 Å². The molecule has 4 nitrogen and oxygen atoms in total. The van der Waals surface area contributed by atoms with E-state index in [1.165, 1.54) is 5.69 Å². The molecule has 1 fully saturated rings. The molecule has 2 N–H and O–H groups in total. The van der Waals surface area contributed by atoms with Gasteiger partial charge in [0, 0.05) is 44.8 Å². The number of benzene rings is 1. The average Bonchev–Trinajstić information content (AvgIpc) is 2.66. The molecule has 0 aromatic heterocycles. The van der Waals surface area contributed by atoms with Gasteiger partial charge in [-0.3, -0.25) is 4.79 Å². The SMILES string of the molecule is NCCC(=O)N1CCCN(c2ccccc2)CC1. The molecule has 1 aliphatic rings. The van der Waals surface area contributed by atoms with Crippen molar-refractivity contribution in [1.29, 1.82) is 0 Å². The molecule has 98 valence electrons. The van der Waals surface area contributed by atoms with Crippen LogP contribution in [0.1, 0.15) is 12.8 Å². The predicted molar refractivity (Wildman–Crippen MR) is 73.5 cm³/mol. The highest BCUT2D eigenvalue weighted by Gasteiger charge is 2.18. The minimum absolute atomic E-state index is 0.187. The summed E-state index contributed by atoms with van der Waals surface area (Å²) in [7, 11) is 0. The third-order valence-electron chi connectivity index (χ3n) is 3.33. The van der Waals surface area contributed by atoms with E-state index < -0.39 is 0 Å². The van der Waals surface area contributed by atoms with Gasteiger partial charge in [0.05, 0.1) is 0 Å². The molecule has 1 amide bonds. The Bertz CT molecular complexity index is 380. The number of rotatable bonds is 3. The number of anilines is 1. The lowest BCUT2D eigenvalue weighted by atomic mass is 10.3. The lowest BCUT2D eigenvalue weighted by Crippen LogP contribution is -2.36. The molecule has 0 atom stereocenters. The van der Waals surface area contributed by atoms with Crippen LogP contribution < -0.4 is 10.6 Å². The maximum absolute atomic E-state index is 11.8. The Morgan fingerprint density at radius 1 is 1.11 bits per heavy atom. The molecule has 4 heteroatoms. The van der Waals surface area contributed by atoms with Crippen molar-refractivity contribution < 1.29 is 4.79 Å². The Labute approximate surface area is 108 Å². The second-order valence-electron chi connectivity index (χ2n) is 4.60. The maximum atomic E-state index is 11.8. The number of carbonyl (C=O) groups excluding carboxylic acids is 1. The zero-order valence-electron chi connectivity index (χ0n) is 10.7. The molecule has 0 bridgehead atoms. The van der Waals surface area contributed by atoms with Crippen molar-refractivity contribution in [2.24, 2.45) is 5.73 Å². The van der Waals surface area contributed by atoms with Crippen LogP contribution in [-0.2, 0) is 4.79 Å². The van der Waals surface area contributed by atoms with Crippen molar-refractivity contribution in [1.82, 2.24) is 4.90 Å². The van der Waals surface area contributed by atoms with Crippen molar-refractivity contribution in [3.05, 3.63) is 30.3 Å². The maximum Gasteiger partial charge on any atom is 0.223 e. The molecule has 1 saturated heterocycles. The Morgan fingerprint density at radius 3 is 2.61 bits per heavy atom. The van der Waals surface area contributed by atoms with E-state index in [0.717, 1.165) is 32.6 Å². The Balaban J connectivity index is 1.94. The van der Waals surface area contributed by atoms with E-state index >= 15 is 0 Å². The van der Waals surface area contributed by atoms with Crippen molar-refractivity contribution >= 4 is 11.6 Å². The van der Waals surface area contributed by atoms with E-state index in [1.807, 2.05) is 11.0 Å². The summed E-state index contributed by atoms with van der Waals surface area (Å²) in [5, 5.41) is 0. The van der Waals surface area contributed by atoms with Gasteiger partial charge in [-0.1, -0.05) is 18.2 Å². The highest BCUT2D eigenvalue weighted by atomic mass is 16.2. The van der Waals surface area contributed by atoms with Gasteiger partial charge in [0.2, 0.25) is 5.91 Å². The van der Waals surface area contributed by atoms with Gasteiger partial charge in [0.1, 0.15) is 0 Å². The molecule has 1 aromatic carbocycles. The minimum atomic E-state index is 0.187. The zero-order chi connectivity index (χ0) is 12.8. The van der Waals surface area contributed by atoms with Gasteiger partial charge < -0.3 is 15.5 Å². The fourth-order valence-electron chi connectivity index (χ4n) is 2.35. The van der Waals surface area contributed by atoms with Crippen molar-refractivity contribution in [3.63, 3.8) is 0 Å². The van der Waals surface area contributed by atoms with Crippen molar-refractivity contribution in [2.45, 2.75) is 12.8 Å². The highest BCUT2D eigenvalue weighted by Crippen LogP contribution is 2.15. The summed E-state index contributed by atoms with van der Waals surface area (Å²) in [6.07, 6.45) is 1.48. The van der Waals surface area contributed by atoms with E-state index in [4.69, 9.17) is 5.73 Å². The monoisotopic (exact) mass is 247 g/mol. The molecule has 0 radical (unpaired) electrons. The first-order valence-electron chi connectivity index (χ1n) is 6.59. The predicted octanol–water partition coefficient (Wildman–Crippen LogP) is 1.07. The largest absolute Gasteiger partial charge is 0.370 e. The number of carbonyl (C=O) groups is 1. The van der Waals surface area contributed by atoms with Crippen LogP contribution in [0.15, 0.2) is 30.3 Å². The summed E-state index contributed by atoms with van der Waals surface area (Å²) in [6, 6.07) is 10.4. The summed E-state index contributed by atoms with van der Waals surface area (Å²) in [5.74, 6) is 0.187. The molecular weight excluding hydrogens is 226 g/mol. The van der Waals surface area contributed by atoms with Crippen LogP contribution in [0, 0.1) is 0 Å². The smallest absolute Gasteiger partial charge is 0.223 e. The van der Waals surface area contributed by atoms with Crippen LogP contribution in [0.25, 0.3) is 0 Å². The summed E-state index contributed by atoms with van der Waals surface area (Å²) in [6.45, 7) is 4.00. The number of nitrogens with two attached hydrogens (primary N) is 1. The van der Waals surface area contributed by atoms with Gasteiger partial charge >= 0.3 is 0 Å². The number of hydrogen-bond acceptors (Lipinski definition) is 3. The Kier molecular flexibility index (Phi) is 4.59. The van der Waals surface area contributed by atoms with E-state index in [2.05, 4.69) is 29.2 Å². The molecule has 2 rings (SSSR count). The number of hydrogen-bond donors (Lipinski definition) is 1. The fourth-order valence-corrected chi connectivity index (χ4v) is 2.35. The van der Waals surface area contributed by atoms with Crippen LogP contribution in [-0.4, -0.2) is 43.5 Å². The van der Waals surface area contributed by atoms with E-state index in [-0.39, 0.29) is 5.91 Å². The quantitative estimate of drug-likeness (QED) is 0.869. The molecule has 0 spiro atoms. The lowest BCUT2D eigenvalue weighted by molar-refractivity contribution is -0.130. The number of para-hydroxylation sites is 1. The minimum Gasteiger partial charge on any atom is -0.370 e. The molecule has 18 heavy (non-hydrogen) atoms. The van der Waals surface area contributed by atoms with Gasteiger partial charge in [-0.05, 0) is 18.6 Å². The molecule has 1 aliphatic heterocycles. The van der Waals surface area contributed by atoms with Crippen molar-refractivity contribution in [2.75, 3.05) is 37.6 Å². The molecule has 0 unspecified atom stereocenters. The molecule has 0 saturated carbocycles. The summed E-state index contributed by atoms with van der Waals surface area (Å²) in [4.78, 5) is 16.1. The van der Waals surface area contributed by atoms with E-state index in [0.29, 0.717) is 13.0 Å². The topological polar surface area (TPSA) is 49.6 Å². The second kappa shape index (κ2) is 6.40. The van der Waals surface area contributed by atoms with E-state index in [1.54, 1.807) is 0 Å². The third-order valence-corrected chi connectivity index (χ3v) is 3.33. The molecule has 0 aliphatic carbocycles. The molecule has 1 heterocycles. The van der Waals surface area contributed by atoms with Crippen LogP contribution in [0.4, 0.5) is 5.69 Å². The third kappa shape index (κ3) is 3.23.